The first-order chi connectivity index (χ1) is 7.47. The van der Waals surface area contributed by atoms with Gasteiger partial charge in [0.1, 0.15) is 5.82 Å². The molecule has 7 heteroatoms. The highest BCUT2D eigenvalue weighted by Crippen LogP contribution is 2.11. The predicted octanol–water partition coefficient (Wildman–Crippen LogP) is 1.42. The van der Waals surface area contributed by atoms with Crippen molar-refractivity contribution in [1.29, 1.82) is 0 Å². The van der Waals surface area contributed by atoms with Crippen molar-refractivity contribution in [3.05, 3.63) is 42.7 Å². The zero-order valence-corrected chi connectivity index (χ0v) is 8.92. The highest BCUT2D eigenvalue weighted by molar-refractivity contribution is 7.79. The molecule has 0 aliphatic carbocycles. The Bertz CT molecular complexity index is 500. The van der Waals surface area contributed by atoms with Crippen LogP contribution >= 0.6 is 0 Å². The lowest BCUT2D eigenvalue weighted by molar-refractivity contribution is 0.381. The van der Waals surface area contributed by atoms with Crippen LogP contribution in [0.1, 0.15) is 0 Å². The first-order valence-electron chi connectivity index (χ1n) is 4.21. The van der Waals surface area contributed by atoms with Crippen LogP contribution in [0.15, 0.2) is 42.7 Å². The van der Waals surface area contributed by atoms with Gasteiger partial charge in [0.2, 0.25) is 0 Å². The minimum atomic E-state index is -4.67. The molecule has 0 unspecified atom stereocenters. The molecule has 0 spiro atoms. The van der Waals surface area contributed by atoms with Crippen molar-refractivity contribution in [2.24, 2.45) is 0 Å². The van der Waals surface area contributed by atoms with Crippen molar-refractivity contribution in [3.8, 4) is 11.4 Å². The number of nitrogens with zero attached hydrogens (tertiary/aromatic N) is 1. The summed E-state index contributed by atoms with van der Waals surface area (Å²) in [6.07, 6.45) is 3.57. The lowest BCUT2D eigenvalue weighted by Gasteiger charge is -1.92. The third kappa shape index (κ3) is 5.25. The van der Waals surface area contributed by atoms with E-state index >= 15 is 0 Å². The van der Waals surface area contributed by atoms with Gasteiger partial charge >= 0.3 is 10.4 Å². The van der Waals surface area contributed by atoms with Crippen LogP contribution in [0.2, 0.25) is 0 Å². The minimum Gasteiger partial charge on any atom is -0.345 e. The van der Waals surface area contributed by atoms with Crippen molar-refractivity contribution in [1.82, 2.24) is 9.97 Å². The number of aromatic amines is 1. The van der Waals surface area contributed by atoms with E-state index in [-0.39, 0.29) is 0 Å². The van der Waals surface area contributed by atoms with Crippen molar-refractivity contribution >= 4 is 10.4 Å². The molecule has 1 aromatic heterocycles. The van der Waals surface area contributed by atoms with Crippen LogP contribution in [0.3, 0.4) is 0 Å². The summed E-state index contributed by atoms with van der Waals surface area (Å²) in [6.45, 7) is 0. The average molecular weight is 242 g/mol. The van der Waals surface area contributed by atoms with E-state index in [0.29, 0.717) is 0 Å². The molecule has 0 saturated heterocycles. The van der Waals surface area contributed by atoms with E-state index in [9.17, 15) is 0 Å². The zero-order valence-electron chi connectivity index (χ0n) is 8.11. The molecular formula is C9H10N2O4S. The molecule has 16 heavy (non-hydrogen) atoms. The molecule has 6 nitrogen and oxygen atoms in total. The molecule has 0 aliphatic rings. The van der Waals surface area contributed by atoms with Gasteiger partial charge < -0.3 is 4.98 Å². The Morgan fingerprint density at radius 1 is 1.12 bits per heavy atom. The van der Waals surface area contributed by atoms with Crippen molar-refractivity contribution < 1.29 is 17.5 Å². The van der Waals surface area contributed by atoms with Gasteiger partial charge in [-0.25, -0.2) is 4.98 Å². The summed E-state index contributed by atoms with van der Waals surface area (Å²) in [5, 5.41) is 0. The van der Waals surface area contributed by atoms with Gasteiger partial charge in [0.15, 0.2) is 0 Å². The van der Waals surface area contributed by atoms with Crippen LogP contribution in [-0.4, -0.2) is 27.5 Å². The zero-order chi connectivity index (χ0) is 12.0. The van der Waals surface area contributed by atoms with E-state index in [1.54, 1.807) is 6.20 Å². The van der Waals surface area contributed by atoms with Crippen LogP contribution in [0.25, 0.3) is 11.4 Å². The van der Waals surface area contributed by atoms with E-state index < -0.39 is 10.4 Å². The van der Waals surface area contributed by atoms with Gasteiger partial charge in [-0.1, -0.05) is 30.3 Å². The second-order valence-corrected chi connectivity index (χ2v) is 3.65. The Morgan fingerprint density at radius 3 is 2.12 bits per heavy atom. The molecule has 0 atom stereocenters. The summed E-state index contributed by atoms with van der Waals surface area (Å²) in [5.41, 5.74) is 1.12. The maximum absolute atomic E-state index is 8.74. The molecule has 0 aliphatic heterocycles. The molecule has 1 heterocycles. The van der Waals surface area contributed by atoms with Crippen LogP contribution < -0.4 is 0 Å². The van der Waals surface area contributed by atoms with Crippen LogP contribution in [0.4, 0.5) is 0 Å². The van der Waals surface area contributed by atoms with Gasteiger partial charge in [-0.2, -0.15) is 8.42 Å². The van der Waals surface area contributed by atoms with Crippen LogP contribution in [0, 0.1) is 0 Å². The van der Waals surface area contributed by atoms with Gasteiger partial charge in [0, 0.05) is 18.0 Å². The number of nitrogens with one attached hydrogen (secondary N) is 1. The maximum Gasteiger partial charge on any atom is 0.394 e. The van der Waals surface area contributed by atoms with Crippen molar-refractivity contribution in [2.45, 2.75) is 0 Å². The number of imidazole rings is 1. The average Bonchev–Trinajstić information content (AvgIpc) is 2.69. The molecule has 0 saturated carbocycles. The van der Waals surface area contributed by atoms with E-state index in [1.807, 2.05) is 36.5 Å². The summed E-state index contributed by atoms with van der Waals surface area (Å²) in [7, 11) is -4.67. The second kappa shape index (κ2) is 5.40. The number of hydrogen-bond acceptors (Lipinski definition) is 3. The van der Waals surface area contributed by atoms with Gasteiger partial charge in [0.25, 0.3) is 0 Å². The molecule has 2 rings (SSSR count). The molecule has 1 aromatic carbocycles. The Hall–Kier alpha value is -1.70. The third-order valence-electron chi connectivity index (χ3n) is 1.55. The smallest absolute Gasteiger partial charge is 0.345 e. The van der Waals surface area contributed by atoms with E-state index in [0.717, 1.165) is 11.4 Å². The quantitative estimate of drug-likeness (QED) is 0.656. The standard InChI is InChI=1S/C9H8N2.H2O4S/c1-2-4-8(5-3-1)9-10-6-7-11-9;1-5(2,3)4/h1-7H,(H,10,11);(H2,1,2,3,4). The minimum absolute atomic E-state index is 0.922. The first kappa shape index (κ1) is 12.4. The topological polar surface area (TPSA) is 103 Å². The summed E-state index contributed by atoms with van der Waals surface area (Å²) in [6, 6.07) is 10.0. The SMILES string of the molecule is O=S(=O)(O)O.c1ccc(-c2ncc[nH]2)cc1. The van der Waals surface area contributed by atoms with Crippen molar-refractivity contribution in [3.63, 3.8) is 0 Å². The highest BCUT2D eigenvalue weighted by atomic mass is 32.3. The van der Waals surface area contributed by atoms with E-state index in [2.05, 4.69) is 9.97 Å². The normalized spacial score (nSPS) is 10.4. The number of hydrogen-bond donors (Lipinski definition) is 3. The second-order valence-electron chi connectivity index (χ2n) is 2.75. The molecule has 0 amide bonds. The fourth-order valence-electron chi connectivity index (χ4n) is 1.02. The van der Waals surface area contributed by atoms with E-state index in [4.69, 9.17) is 17.5 Å². The molecule has 0 fully saturated rings. The lowest BCUT2D eigenvalue weighted by Crippen LogP contribution is -1.89. The number of benzene rings is 1. The molecule has 0 radical (unpaired) electrons. The largest absolute Gasteiger partial charge is 0.394 e. The molecule has 3 N–H and O–H groups in total. The Labute approximate surface area is 92.6 Å². The van der Waals surface area contributed by atoms with Gasteiger partial charge in [-0.3, -0.25) is 9.11 Å². The lowest BCUT2D eigenvalue weighted by atomic mass is 10.2. The van der Waals surface area contributed by atoms with Crippen LogP contribution in [0.5, 0.6) is 0 Å². The Morgan fingerprint density at radius 2 is 1.69 bits per heavy atom. The summed E-state index contributed by atoms with van der Waals surface area (Å²) < 4.78 is 31.6. The molecule has 86 valence electrons. The number of H-pyrrole nitrogens is 1. The van der Waals surface area contributed by atoms with Gasteiger partial charge in [-0.15, -0.1) is 0 Å². The maximum atomic E-state index is 8.74. The summed E-state index contributed by atoms with van der Waals surface area (Å²) in [5.74, 6) is 0.922. The number of rotatable bonds is 1. The summed E-state index contributed by atoms with van der Waals surface area (Å²) >= 11 is 0. The monoisotopic (exact) mass is 242 g/mol. The fourth-order valence-corrected chi connectivity index (χ4v) is 1.02. The highest BCUT2D eigenvalue weighted by Gasteiger charge is 1.94. The van der Waals surface area contributed by atoms with Crippen molar-refractivity contribution in [2.75, 3.05) is 0 Å². The fraction of sp³-hybridized carbons (Fsp3) is 0. The predicted molar refractivity (Wildman–Crippen MR) is 58.2 cm³/mol. The Kier molecular flexibility index (Phi) is 4.18. The summed E-state index contributed by atoms with van der Waals surface area (Å²) in [4.78, 5) is 7.17. The first-order valence-corrected chi connectivity index (χ1v) is 5.61. The number of aromatic nitrogens is 2. The third-order valence-corrected chi connectivity index (χ3v) is 1.55. The van der Waals surface area contributed by atoms with E-state index in [1.165, 1.54) is 0 Å². The molecular weight excluding hydrogens is 232 g/mol. The van der Waals surface area contributed by atoms with Gasteiger partial charge in [-0.05, 0) is 0 Å². The Balaban J connectivity index is 0.000000221. The van der Waals surface area contributed by atoms with Gasteiger partial charge in [0.05, 0.1) is 0 Å². The molecule has 2 aromatic rings. The van der Waals surface area contributed by atoms with Crippen LogP contribution in [-0.2, 0) is 10.4 Å². The molecule has 0 bridgehead atoms.